The zero-order chi connectivity index (χ0) is 12.3. The van der Waals surface area contributed by atoms with Gasteiger partial charge in [-0.1, -0.05) is 13.0 Å². The van der Waals surface area contributed by atoms with Crippen molar-refractivity contribution in [3.63, 3.8) is 0 Å². The fraction of sp³-hybridized carbons (Fsp3) is 0.643. The molecule has 17 heavy (non-hydrogen) atoms. The molecule has 1 N–H and O–H groups in total. The van der Waals surface area contributed by atoms with Crippen LogP contribution in [-0.4, -0.2) is 32.2 Å². The van der Waals surface area contributed by atoms with E-state index in [0.717, 1.165) is 24.8 Å². The number of hydrogen-bond donors (Lipinski definition) is 1. The molecule has 94 valence electrons. The summed E-state index contributed by atoms with van der Waals surface area (Å²) in [6.07, 6.45) is 4.62. The fourth-order valence-electron chi connectivity index (χ4n) is 2.55. The van der Waals surface area contributed by atoms with Crippen LogP contribution in [0, 0.1) is 5.92 Å². The Labute approximate surface area is 104 Å². The molecule has 0 saturated carbocycles. The number of nitrogens with one attached hydrogen (secondary N) is 1. The summed E-state index contributed by atoms with van der Waals surface area (Å²) in [5.41, 5.74) is 1.38. The summed E-state index contributed by atoms with van der Waals surface area (Å²) < 4.78 is 0. The number of rotatable bonds is 3. The van der Waals surface area contributed by atoms with Gasteiger partial charge in [0.15, 0.2) is 0 Å². The van der Waals surface area contributed by atoms with E-state index in [4.69, 9.17) is 0 Å². The SMILES string of the molecule is CC(c1ccc(N(C)C)nc1)C1CCNCC1. The second-order valence-electron chi connectivity index (χ2n) is 5.22. The first-order valence-electron chi connectivity index (χ1n) is 6.52. The molecule has 2 rings (SSSR count). The van der Waals surface area contributed by atoms with Crippen molar-refractivity contribution in [2.75, 3.05) is 32.1 Å². The molecular formula is C14H23N3. The van der Waals surface area contributed by atoms with Crippen LogP contribution in [0.1, 0.15) is 31.2 Å². The van der Waals surface area contributed by atoms with Gasteiger partial charge in [0.1, 0.15) is 5.82 Å². The molecule has 1 aliphatic heterocycles. The van der Waals surface area contributed by atoms with E-state index in [9.17, 15) is 0 Å². The lowest BCUT2D eigenvalue weighted by Gasteiger charge is -2.28. The first-order chi connectivity index (χ1) is 8.18. The lowest BCUT2D eigenvalue weighted by Crippen LogP contribution is -2.30. The van der Waals surface area contributed by atoms with Gasteiger partial charge in [-0.05, 0) is 49.4 Å². The minimum atomic E-state index is 0.626. The van der Waals surface area contributed by atoms with Crippen LogP contribution in [0.4, 0.5) is 5.82 Å². The number of pyridine rings is 1. The average molecular weight is 233 g/mol. The lowest BCUT2D eigenvalue weighted by atomic mass is 9.82. The quantitative estimate of drug-likeness (QED) is 0.868. The molecule has 0 amide bonds. The van der Waals surface area contributed by atoms with E-state index < -0.39 is 0 Å². The van der Waals surface area contributed by atoms with E-state index in [1.165, 1.54) is 18.4 Å². The van der Waals surface area contributed by atoms with Gasteiger partial charge in [0.05, 0.1) is 0 Å². The van der Waals surface area contributed by atoms with Gasteiger partial charge in [-0.2, -0.15) is 0 Å². The Kier molecular flexibility index (Phi) is 4.00. The molecule has 2 heterocycles. The van der Waals surface area contributed by atoms with Crippen LogP contribution < -0.4 is 10.2 Å². The molecule has 0 aromatic carbocycles. The third-order valence-electron chi connectivity index (χ3n) is 3.85. The highest BCUT2D eigenvalue weighted by molar-refractivity contribution is 5.37. The maximum atomic E-state index is 4.50. The van der Waals surface area contributed by atoms with Crippen molar-refractivity contribution in [3.8, 4) is 0 Å². The van der Waals surface area contributed by atoms with E-state index in [1.807, 2.05) is 25.2 Å². The Bertz CT molecular complexity index is 339. The summed E-state index contributed by atoms with van der Waals surface area (Å²) in [7, 11) is 4.05. The molecule has 0 bridgehead atoms. The van der Waals surface area contributed by atoms with Gasteiger partial charge in [0.2, 0.25) is 0 Å². The monoisotopic (exact) mass is 233 g/mol. The van der Waals surface area contributed by atoms with Gasteiger partial charge >= 0.3 is 0 Å². The highest BCUT2D eigenvalue weighted by atomic mass is 15.1. The maximum absolute atomic E-state index is 4.50. The molecule has 1 fully saturated rings. The predicted molar refractivity (Wildman–Crippen MR) is 72.6 cm³/mol. The smallest absolute Gasteiger partial charge is 0.127 e. The largest absolute Gasteiger partial charge is 0.363 e. The molecule has 0 aliphatic carbocycles. The summed E-state index contributed by atoms with van der Waals surface area (Å²) in [5, 5.41) is 3.42. The minimum absolute atomic E-state index is 0.626. The second kappa shape index (κ2) is 5.50. The summed E-state index contributed by atoms with van der Waals surface area (Å²) in [6, 6.07) is 4.35. The first-order valence-corrected chi connectivity index (χ1v) is 6.52. The Balaban J connectivity index is 2.05. The van der Waals surface area contributed by atoms with Gasteiger partial charge in [-0.25, -0.2) is 4.98 Å². The van der Waals surface area contributed by atoms with Crippen molar-refractivity contribution < 1.29 is 0 Å². The number of nitrogens with zero attached hydrogens (tertiary/aromatic N) is 2. The van der Waals surface area contributed by atoms with E-state index in [0.29, 0.717) is 5.92 Å². The zero-order valence-electron chi connectivity index (χ0n) is 11.1. The Hall–Kier alpha value is -1.09. The van der Waals surface area contributed by atoms with Crippen LogP contribution in [0.15, 0.2) is 18.3 Å². The molecule has 0 radical (unpaired) electrons. The van der Waals surface area contributed by atoms with Crippen molar-refractivity contribution in [2.24, 2.45) is 5.92 Å². The van der Waals surface area contributed by atoms with Crippen molar-refractivity contribution in [2.45, 2.75) is 25.7 Å². The summed E-state index contributed by atoms with van der Waals surface area (Å²) >= 11 is 0. The number of hydrogen-bond acceptors (Lipinski definition) is 3. The summed E-state index contributed by atoms with van der Waals surface area (Å²) in [4.78, 5) is 6.55. The predicted octanol–water partition coefficient (Wildman–Crippen LogP) is 2.25. The number of anilines is 1. The molecule has 1 saturated heterocycles. The van der Waals surface area contributed by atoms with Crippen LogP contribution >= 0.6 is 0 Å². The first kappa shape index (κ1) is 12.4. The topological polar surface area (TPSA) is 28.2 Å². The maximum Gasteiger partial charge on any atom is 0.127 e. The molecule has 0 spiro atoms. The van der Waals surface area contributed by atoms with Gasteiger partial charge in [-0.3, -0.25) is 0 Å². The zero-order valence-corrected chi connectivity index (χ0v) is 11.1. The highest BCUT2D eigenvalue weighted by Gasteiger charge is 2.21. The second-order valence-corrected chi connectivity index (χ2v) is 5.22. The molecule has 1 aliphatic rings. The number of piperidine rings is 1. The molecule has 1 atom stereocenters. The molecule has 1 unspecified atom stereocenters. The standard InChI is InChI=1S/C14H23N3/c1-11(12-6-8-15-9-7-12)13-4-5-14(16-10-13)17(2)3/h4-5,10-12,15H,6-9H2,1-3H3. The van der Waals surface area contributed by atoms with Crippen LogP contribution in [0.25, 0.3) is 0 Å². The third kappa shape index (κ3) is 2.97. The van der Waals surface area contributed by atoms with Crippen LogP contribution in [0.3, 0.4) is 0 Å². The summed E-state index contributed by atoms with van der Waals surface area (Å²) in [6.45, 7) is 4.67. The summed E-state index contributed by atoms with van der Waals surface area (Å²) in [5.74, 6) is 2.47. The van der Waals surface area contributed by atoms with Crippen molar-refractivity contribution >= 4 is 5.82 Å². The van der Waals surface area contributed by atoms with Gasteiger partial charge < -0.3 is 10.2 Å². The fourth-order valence-corrected chi connectivity index (χ4v) is 2.55. The molecule has 3 heteroatoms. The molecular weight excluding hydrogens is 210 g/mol. The lowest BCUT2D eigenvalue weighted by molar-refractivity contribution is 0.330. The number of aromatic nitrogens is 1. The van der Waals surface area contributed by atoms with Crippen LogP contribution in [0.2, 0.25) is 0 Å². The molecule has 3 nitrogen and oxygen atoms in total. The van der Waals surface area contributed by atoms with Crippen molar-refractivity contribution in [3.05, 3.63) is 23.9 Å². The van der Waals surface area contributed by atoms with E-state index >= 15 is 0 Å². The van der Waals surface area contributed by atoms with Gasteiger partial charge in [0, 0.05) is 20.3 Å². The molecule has 1 aromatic heterocycles. The van der Waals surface area contributed by atoms with Crippen molar-refractivity contribution in [1.29, 1.82) is 0 Å². The third-order valence-corrected chi connectivity index (χ3v) is 3.85. The van der Waals surface area contributed by atoms with Crippen molar-refractivity contribution in [1.82, 2.24) is 10.3 Å². The van der Waals surface area contributed by atoms with E-state index in [1.54, 1.807) is 0 Å². The van der Waals surface area contributed by atoms with Crippen LogP contribution in [0.5, 0.6) is 0 Å². The Morgan fingerprint density at radius 2 is 2.00 bits per heavy atom. The normalized spacial score (nSPS) is 19.0. The minimum Gasteiger partial charge on any atom is -0.363 e. The Morgan fingerprint density at radius 3 is 2.53 bits per heavy atom. The Morgan fingerprint density at radius 1 is 1.29 bits per heavy atom. The van der Waals surface area contributed by atoms with E-state index in [-0.39, 0.29) is 0 Å². The molecule has 1 aromatic rings. The van der Waals surface area contributed by atoms with Gasteiger partial charge in [0.25, 0.3) is 0 Å². The van der Waals surface area contributed by atoms with Gasteiger partial charge in [-0.15, -0.1) is 0 Å². The van der Waals surface area contributed by atoms with E-state index in [2.05, 4.69) is 29.4 Å². The van der Waals surface area contributed by atoms with Crippen LogP contribution in [-0.2, 0) is 0 Å². The average Bonchev–Trinajstić information content (AvgIpc) is 2.39. The highest BCUT2D eigenvalue weighted by Crippen LogP contribution is 2.30.